The van der Waals surface area contributed by atoms with Crippen LogP contribution < -0.4 is 10.2 Å². The molecule has 0 radical (unpaired) electrons. The fourth-order valence-electron chi connectivity index (χ4n) is 2.25. The number of H-pyrrole nitrogens is 1. The van der Waals surface area contributed by atoms with Gasteiger partial charge in [0.2, 0.25) is 0 Å². The van der Waals surface area contributed by atoms with Crippen molar-refractivity contribution >= 4 is 11.6 Å². The third-order valence-electron chi connectivity index (χ3n) is 3.68. The van der Waals surface area contributed by atoms with Crippen LogP contribution in [0, 0.1) is 0 Å². The van der Waals surface area contributed by atoms with Gasteiger partial charge in [0.05, 0.1) is 11.4 Å². The molecule has 0 aliphatic carbocycles. The minimum absolute atomic E-state index is 0.249. The van der Waals surface area contributed by atoms with Crippen LogP contribution in [-0.2, 0) is 6.61 Å². The SMILES string of the molecule is C/C(=N\NC(=O)c1ccc(COc2ccccc2)cc1)c1ccc[nH]1. The number of ether oxygens (including phenoxy) is 1. The summed E-state index contributed by atoms with van der Waals surface area (Å²) in [5.74, 6) is 0.569. The predicted molar refractivity (Wildman–Crippen MR) is 97.7 cm³/mol. The van der Waals surface area contributed by atoms with Crippen LogP contribution in [0.2, 0.25) is 0 Å². The minimum atomic E-state index is -0.249. The summed E-state index contributed by atoms with van der Waals surface area (Å²) in [4.78, 5) is 15.2. The Hall–Kier alpha value is -3.34. The van der Waals surface area contributed by atoms with E-state index in [-0.39, 0.29) is 5.91 Å². The summed E-state index contributed by atoms with van der Waals surface area (Å²) in [6.07, 6.45) is 1.81. The number of amides is 1. The molecular weight excluding hydrogens is 314 g/mol. The summed E-state index contributed by atoms with van der Waals surface area (Å²) >= 11 is 0. The smallest absolute Gasteiger partial charge is 0.271 e. The van der Waals surface area contributed by atoms with Gasteiger partial charge in [-0.1, -0.05) is 30.3 Å². The van der Waals surface area contributed by atoms with E-state index in [4.69, 9.17) is 4.74 Å². The Kier molecular flexibility index (Phi) is 5.26. The Morgan fingerprint density at radius 1 is 1.04 bits per heavy atom. The molecule has 25 heavy (non-hydrogen) atoms. The molecule has 1 amide bonds. The zero-order valence-electron chi connectivity index (χ0n) is 13.9. The maximum Gasteiger partial charge on any atom is 0.271 e. The Morgan fingerprint density at radius 3 is 2.48 bits per heavy atom. The van der Waals surface area contributed by atoms with Crippen LogP contribution in [0.15, 0.2) is 78.0 Å². The van der Waals surface area contributed by atoms with Crippen LogP contribution in [0.3, 0.4) is 0 Å². The first-order valence-electron chi connectivity index (χ1n) is 7.97. The maximum atomic E-state index is 12.1. The van der Waals surface area contributed by atoms with E-state index in [0.717, 1.165) is 17.0 Å². The van der Waals surface area contributed by atoms with E-state index in [0.29, 0.717) is 17.9 Å². The molecule has 0 atom stereocenters. The topological polar surface area (TPSA) is 66.5 Å². The van der Waals surface area contributed by atoms with E-state index in [2.05, 4.69) is 15.5 Å². The van der Waals surface area contributed by atoms with Gasteiger partial charge in [-0.2, -0.15) is 5.10 Å². The molecule has 2 aromatic carbocycles. The van der Waals surface area contributed by atoms with Crippen LogP contribution in [0.1, 0.15) is 28.5 Å². The molecule has 1 aromatic heterocycles. The molecule has 126 valence electrons. The van der Waals surface area contributed by atoms with Gasteiger partial charge < -0.3 is 9.72 Å². The van der Waals surface area contributed by atoms with Crippen LogP contribution in [0.25, 0.3) is 0 Å². The van der Waals surface area contributed by atoms with Crippen molar-refractivity contribution in [3.63, 3.8) is 0 Å². The van der Waals surface area contributed by atoms with Crippen molar-refractivity contribution in [1.82, 2.24) is 10.4 Å². The number of aromatic nitrogens is 1. The number of hydrazone groups is 1. The van der Waals surface area contributed by atoms with Gasteiger partial charge in [0.15, 0.2) is 0 Å². The Labute approximate surface area is 146 Å². The van der Waals surface area contributed by atoms with Crippen molar-refractivity contribution in [3.8, 4) is 5.75 Å². The Balaban J connectivity index is 1.56. The highest BCUT2D eigenvalue weighted by Gasteiger charge is 2.05. The molecule has 5 nitrogen and oxygen atoms in total. The van der Waals surface area contributed by atoms with Gasteiger partial charge in [-0.05, 0) is 48.9 Å². The van der Waals surface area contributed by atoms with E-state index >= 15 is 0 Å². The van der Waals surface area contributed by atoms with Crippen molar-refractivity contribution in [2.75, 3.05) is 0 Å². The van der Waals surface area contributed by atoms with Gasteiger partial charge in [-0.15, -0.1) is 0 Å². The lowest BCUT2D eigenvalue weighted by molar-refractivity contribution is 0.0955. The lowest BCUT2D eigenvalue weighted by atomic mass is 10.1. The number of rotatable bonds is 6. The van der Waals surface area contributed by atoms with Gasteiger partial charge in [-0.25, -0.2) is 5.43 Å². The molecule has 0 bridgehead atoms. The van der Waals surface area contributed by atoms with Crippen LogP contribution in [0.5, 0.6) is 5.75 Å². The second-order valence-electron chi connectivity index (χ2n) is 5.52. The first kappa shape index (κ1) is 16.5. The molecule has 0 spiro atoms. The summed E-state index contributed by atoms with van der Waals surface area (Å²) < 4.78 is 5.69. The van der Waals surface area contributed by atoms with Gasteiger partial charge >= 0.3 is 0 Å². The van der Waals surface area contributed by atoms with Crippen LogP contribution in [0.4, 0.5) is 0 Å². The summed E-state index contributed by atoms with van der Waals surface area (Å²) in [6.45, 7) is 2.28. The number of carbonyl (C=O) groups is 1. The average Bonchev–Trinajstić information content (AvgIpc) is 3.20. The zero-order valence-corrected chi connectivity index (χ0v) is 13.9. The first-order chi connectivity index (χ1) is 12.2. The summed E-state index contributed by atoms with van der Waals surface area (Å²) in [6, 6.07) is 20.7. The van der Waals surface area contributed by atoms with Crippen LogP contribution >= 0.6 is 0 Å². The largest absolute Gasteiger partial charge is 0.489 e. The summed E-state index contributed by atoms with van der Waals surface area (Å²) in [5, 5.41) is 4.10. The third kappa shape index (κ3) is 4.57. The monoisotopic (exact) mass is 333 g/mol. The van der Waals surface area contributed by atoms with Gasteiger partial charge in [0.25, 0.3) is 5.91 Å². The lowest BCUT2D eigenvalue weighted by Crippen LogP contribution is -2.19. The quantitative estimate of drug-likeness (QED) is 0.533. The molecule has 0 fully saturated rings. The number of hydrogen-bond acceptors (Lipinski definition) is 3. The van der Waals surface area contributed by atoms with Crippen molar-refractivity contribution in [3.05, 3.63) is 89.7 Å². The lowest BCUT2D eigenvalue weighted by Gasteiger charge is -2.07. The number of nitrogens with one attached hydrogen (secondary N) is 2. The van der Waals surface area contributed by atoms with Crippen molar-refractivity contribution in [2.24, 2.45) is 5.10 Å². The molecule has 2 N–H and O–H groups in total. The first-order valence-corrected chi connectivity index (χ1v) is 7.97. The minimum Gasteiger partial charge on any atom is -0.489 e. The standard InChI is InChI=1S/C20H19N3O2/c1-15(19-8-5-13-21-19)22-23-20(24)17-11-9-16(10-12-17)14-25-18-6-3-2-4-7-18/h2-13,21H,14H2,1H3,(H,23,24)/b22-15+. The highest BCUT2D eigenvalue weighted by Crippen LogP contribution is 2.12. The second-order valence-corrected chi connectivity index (χ2v) is 5.52. The second kappa shape index (κ2) is 7.97. The molecule has 0 aliphatic rings. The normalized spacial score (nSPS) is 11.2. The number of hydrogen-bond donors (Lipinski definition) is 2. The molecule has 0 saturated heterocycles. The summed E-state index contributed by atoms with van der Waals surface area (Å²) in [7, 11) is 0. The highest BCUT2D eigenvalue weighted by atomic mass is 16.5. The van der Waals surface area contributed by atoms with E-state index in [1.165, 1.54) is 0 Å². The fraction of sp³-hybridized carbons (Fsp3) is 0.100. The molecule has 0 unspecified atom stereocenters. The number of carbonyl (C=O) groups excluding carboxylic acids is 1. The van der Waals surface area contributed by atoms with Crippen molar-refractivity contribution in [1.29, 1.82) is 0 Å². The maximum absolute atomic E-state index is 12.1. The number of para-hydroxylation sites is 1. The molecule has 0 aliphatic heterocycles. The van der Waals surface area contributed by atoms with E-state index in [1.807, 2.05) is 67.7 Å². The predicted octanol–water partition coefficient (Wildman–Crippen LogP) is 3.75. The number of nitrogens with zero attached hydrogens (tertiary/aromatic N) is 1. The summed E-state index contributed by atoms with van der Waals surface area (Å²) in [5.41, 5.74) is 5.69. The van der Waals surface area contributed by atoms with Gasteiger partial charge in [0, 0.05) is 11.8 Å². The van der Waals surface area contributed by atoms with Gasteiger partial charge in [-0.3, -0.25) is 4.79 Å². The van der Waals surface area contributed by atoms with Crippen LogP contribution in [-0.4, -0.2) is 16.6 Å². The Morgan fingerprint density at radius 2 is 1.80 bits per heavy atom. The zero-order chi connectivity index (χ0) is 17.5. The average molecular weight is 333 g/mol. The van der Waals surface area contributed by atoms with E-state index in [9.17, 15) is 4.79 Å². The molecule has 0 saturated carbocycles. The van der Waals surface area contributed by atoms with E-state index in [1.54, 1.807) is 12.1 Å². The highest BCUT2D eigenvalue weighted by molar-refractivity contribution is 5.99. The number of benzene rings is 2. The molecule has 1 heterocycles. The molecule has 3 aromatic rings. The Bertz CT molecular complexity index is 838. The molecular formula is C20H19N3O2. The fourth-order valence-corrected chi connectivity index (χ4v) is 2.25. The molecule has 3 rings (SSSR count). The van der Waals surface area contributed by atoms with Gasteiger partial charge in [0.1, 0.15) is 12.4 Å². The number of aromatic amines is 1. The molecule has 5 heteroatoms. The van der Waals surface area contributed by atoms with Crippen molar-refractivity contribution in [2.45, 2.75) is 13.5 Å². The van der Waals surface area contributed by atoms with E-state index < -0.39 is 0 Å². The third-order valence-corrected chi connectivity index (χ3v) is 3.68. The van der Waals surface area contributed by atoms with Crippen molar-refractivity contribution < 1.29 is 9.53 Å².